The van der Waals surface area contributed by atoms with Gasteiger partial charge < -0.3 is 60.0 Å². The molecule has 6 rings (SSSR count). The molecule has 1 aromatic rings. The molecule has 0 unspecified atom stereocenters. The number of benzene rings is 1. The Bertz CT molecular complexity index is 3000. The first kappa shape index (κ1) is 80.9. The minimum Gasteiger partial charge on any atom is -0.354 e. The van der Waals surface area contributed by atoms with Gasteiger partial charge in [0, 0.05) is 81.9 Å². The lowest BCUT2D eigenvalue weighted by Gasteiger charge is -2.41. The molecule has 7 atom stereocenters. The molecule has 3 aliphatic heterocycles. The third-order valence-electron chi connectivity index (χ3n) is 20.7. The predicted octanol–water partition coefficient (Wildman–Crippen LogP) is 6.03. The van der Waals surface area contributed by atoms with Crippen LogP contribution in [-0.4, -0.2) is 252 Å². The summed E-state index contributed by atoms with van der Waals surface area (Å²) < 4.78 is 41.3. The summed E-state index contributed by atoms with van der Waals surface area (Å²) >= 11 is 6.11. The lowest BCUT2D eigenvalue weighted by atomic mass is 9.82. The molecular weight excluding hydrogens is 1310 g/mol. The Morgan fingerprint density at radius 2 is 1.19 bits per heavy atom. The van der Waals surface area contributed by atoms with Gasteiger partial charge in [0.1, 0.15) is 42.3 Å². The van der Waals surface area contributed by atoms with E-state index in [0.29, 0.717) is 50.8 Å². The summed E-state index contributed by atoms with van der Waals surface area (Å²) in [5.41, 5.74) is -0.727. The minimum absolute atomic E-state index is 0.0158. The van der Waals surface area contributed by atoms with Crippen molar-refractivity contribution < 1.29 is 70.7 Å². The van der Waals surface area contributed by atoms with Gasteiger partial charge in [0.25, 0.3) is 0 Å². The first-order valence-corrected chi connectivity index (χ1v) is 36.3. The molecule has 5 fully saturated rings. The number of piperidine rings is 1. The number of carbonyl (C=O) groups is 12. The van der Waals surface area contributed by atoms with Crippen LogP contribution in [0.5, 0.6) is 0 Å². The number of hydrogen-bond donors (Lipinski definition) is 3. The van der Waals surface area contributed by atoms with Crippen LogP contribution in [0.3, 0.4) is 0 Å². The average molecular weight is 1420 g/mol. The molecule has 99 heavy (non-hydrogen) atoms. The molecule has 0 aromatic heterocycles. The van der Waals surface area contributed by atoms with E-state index in [1.807, 2.05) is 20.8 Å². The Labute approximate surface area is 587 Å². The van der Waals surface area contributed by atoms with Gasteiger partial charge in [-0.1, -0.05) is 96.2 Å². The van der Waals surface area contributed by atoms with E-state index >= 15 is 4.79 Å². The zero-order valence-electron chi connectivity index (χ0n) is 60.1. The van der Waals surface area contributed by atoms with Crippen LogP contribution in [0, 0.1) is 17.8 Å². The number of rotatable bonds is 11. The summed E-state index contributed by atoms with van der Waals surface area (Å²) in [6.45, 7) is 4.99. The highest BCUT2D eigenvalue weighted by Gasteiger charge is 2.45. The van der Waals surface area contributed by atoms with Crippen molar-refractivity contribution in [1.29, 1.82) is 0 Å². The second-order valence-corrected chi connectivity index (χ2v) is 29.1. The van der Waals surface area contributed by atoms with E-state index in [2.05, 4.69) is 16.0 Å². The molecule has 3 heterocycles. The highest BCUT2D eigenvalue weighted by Crippen LogP contribution is 2.36. The number of nitrogens with one attached hydrogen (secondary N) is 3. The Morgan fingerprint density at radius 1 is 0.586 bits per heavy atom. The average Bonchev–Trinajstić information content (AvgIpc) is 1.68. The van der Waals surface area contributed by atoms with E-state index in [0.717, 1.165) is 97.5 Å². The molecule has 0 spiro atoms. The number of halogens is 4. The summed E-state index contributed by atoms with van der Waals surface area (Å²) in [7, 11) is 10.1. The van der Waals surface area contributed by atoms with Gasteiger partial charge in [-0.05, 0) is 125 Å². The third kappa shape index (κ3) is 22.7. The number of aryl methyl sites for hydroxylation is 1. The van der Waals surface area contributed by atoms with Crippen molar-refractivity contribution in [2.45, 2.75) is 230 Å². The summed E-state index contributed by atoms with van der Waals surface area (Å²) in [5, 5.41) is 7.95. The Kier molecular flexibility index (Phi) is 31.1. The maximum atomic E-state index is 15.3. The molecule has 0 bridgehead atoms. The maximum Gasteiger partial charge on any atom is 0.417 e. The van der Waals surface area contributed by atoms with Crippen LogP contribution in [0.25, 0.3) is 0 Å². The lowest BCUT2D eigenvalue weighted by molar-refractivity contribution is -0.155. The molecule has 24 nitrogen and oxygen atoms in total. The Balaban J connectivity index is 1.33. The second kappa shape index (κ2) is 38.1. The zero-order chi connectivity index (χ0) is 73.0. The molecule has 28 heteroatoms. The summed E-state index contributed by atoms with van der Waals surface area (Å²) in [5.74, 6) is -7.36. The number of fused-ring (bicyclic) bond motifs is 1. The van der Waals surface area contributed by atoms with Gasteiger partial charge in [-0.25, -0.2) is 0 Å². The van der Waals surface area contributed by atoms with E-state index in [1.165, 1.54) is 72.9 Å². The largest absolute Gasteiger partial charge is 0.417 e. The fourth-order valence-corrected chi connectivity index (χ4v) is 15.0. The molecule has 5 aliphatic rings. The molecule has 3 N–H and O–H groups in total. The third-order valence-corrected chi connectivity index (χ3v) is 21.0. The van der Waals surface area contributed by atoms with Crippen molar-refractivity contribution in [3.63, 3.8) is 0 Å². The van der Waals surface area contributed by atoms with Crippen LogP contribution in [0.4, 0.5) is 13.2 Å². The summed E-state index contributed by atoms with van der Waals surface area (Å²) in [4.78, 5) is 186. The van der Waals surface area contributed by atoms with Crippen LogP contribution in [-0.2, 0) is 70.1 Å². The van der Waals surface area contributed by atoms with Crippen LogP contribution in [0.1, 0.15) is 186 Å². The van der Waals surface area contributed by atoms with Crippen molar-refractivity contribution in [2.75, 3.05) is 95.1 Å². The van der Waals surface area contributed by atoms with Crippen molar-refractivity contribution in [1.82, 2.24) is 60.0 Å². The first-order chi connectivity index (χ1) is 46.8. The van der Waals surface area contributed by atoms with Crippen molar-refractivity contribution in [3.8, 4) is 0 Å². The summed E-state index contributed by atoms with van der Waals surface area (Å²) in [6, 6.07) is -4.88. The number of alkyl halides is 3. The number of likely N-dealkylation sites (N-methyl/N-ethyl adjacent to an activating group) is 7. The monoisotopic (exact) mass is 1410 g/mol. The molecule has 2 saturated carbocycles. The standard InChI is InChI=1S/C71H110ClF3N12O12/c1-11-24-52-66(95)81(6)44-61(91)79(4)45-62(92)83(8)56(41-47-25-15-12-16-26-47)68(97)80(5)43-58(88)77-53(34-32-48-31-33-50(51(72)40-48)71(73,74)75)67(96)87-38-23-29-54(87)64(93)76-35-20-19-30-59(89)85(10)63(49-27-17-13-18-28-49)70(99)84(9)57(69(98)86-36-21-14-22-37-86)42-60(90)82(7)55(39-46(2)3)65(94)78-52/h31,33,40,46-47,49,52-57,63H,11-30,32,34-39,41-45H2,1-10H3,(H,76,93)(H,77,88)(H,78,94)/t52-,53-,54-,55-,56-,57-,63-/m0/s1. The Hall–Kier alpha value is -7.06. The van der Waals surface area contributed by atoms with Crippen LogP contribution >= 0.6 is 11.6 Å². The van der Waals surface area contributed by atoms with E-state index < -0.39 is 150 Å². The van der Waals surface area contributed by atoms with Gasteiger partial charge in [-0.2, -0.15) is 13.2 Å². The molecular formula is C71H110ClF3N12O12. The van der Waals surface area contributed by atoms with E-state index in [9.17, 15) is 65.9 Å². The van der Waals surface area contributed by atoms with Crippen molar-refractivity contribution in [3.05, 3.63) is 34.3 Å². The van der Waals surface area contributed by atoms with Gasteiger partial charge in [-0.15, -0.1) is 0 Å². The quantitative estimate of drug-likeness (QED) is 0.229. The fraction of sp³-hybridized carbons (Fsp3) is 0.746. The lowest BCUT2D eigenvalue weighted by Crippen LogP contribution is -2.59. The Morgan fingerprint density at radius 3 is 1.82 bits per heavy atom. The minimum atomic E-state index is -4.73. The SMILES string of the molecule is CCC[C@@H]1NC(=O)[C@H](CC(C)C)N(C)C(=O)C[C@@H](C(=O)N2CCCCC2)N(C)C(=O)[C@H](C2CCCCC2)N(C)C(=O)CCCCNC(=O)[C@@H]2CCCN2C(=O)[C@H](CCc2ccc(C(F)(F)F)c(Cl)c2)NC(=O)CN(C)C(=O)[C@H](CC2CCCCC2)N(C)C(=O)CN(C)C(=O)CN(C)C1=O. The highest BCUT2D eigenvalue weighted by atomic mass is 35.5. The topological polar surface area (TPSA) is 270 Å². The predicted molar refractivity (Wildman–Crippen MR) is 367 cm³/mol. The molecule has 12 amide bonds. The second-order valence-electron chi connectivity index (χ2n) is 28.7. The van der Waals surface area contributed by atoms with Crippen molar-refractivity contribution in [2.24, 2.45) is 17.8 Å². The van der Waals surface area contributed by atoms with Gasteiger partial charge in [0.15, 0.2) is 0 Å². The molecule has 3 saturated heterocycles. The normalized spacial score (nSPS) is 25.9. The number of carbonyl (C=O) groups excluding carboxylic acids is 12. The van der Waals surface area contributed by atoms with Crippen molar-refractivity contribution >= 4 is 82.5 Å². The molecule has 2 aliphatic carbocycles. The van der Waals surface area contributed by atoms with Gasteiger partial charge in [-0.3, -0.25) is 57.5 Å². The smallest absolute Gasteiger partial charge is 0.354 e. The number of hydrogen-bond acceptors (Lipinski definition) is 12. The summed E-state index contributed by atoms with van der Waals surface area (Å²) in [6.07, 6.45) is 7.36. The highest BCUT2D eigenvalue weighted by molar-refractivity contribution is 6.31. The van der Waals surface area contributed by atoms with Gasteiger partial charge in [0.05, 0.1) is 36.6 Å². The number of nitrogens with zero attached hydrogens (tertiary/aromatic N) is 9. The molecule has 1 aromatic carbocycles. The number of likely N-dealkylation sites (tertiary alicyclic amines) is 1. The van der Waals surface area contributed by atoms with Crippen LogP contribution in [0.2, 0.25) is 5.02 Å². The van der Waals surface area contributed by atoms with E-state index in [4.69, 9.17) is 11.6 Å². The molecule has 0 radical (unpaired) electrons. The maximum absolute atomic E-state index is 15.3. The number of amides is 12. The first-order valence-electron chi connectivity index (χ1n) is 35.9. The fourth-order valence-electron chi connectivity index (χ4n) is 14.7. The van der Waals surface area contributed by atoms with Gasteiger partial charge in [0.2, 0.25) is 70.9 Å². The van der Waals surface area contributed by atoms with E-state index in [1.54, 1.807) is 11.9 Å². The van der Waals surface area contributed by atoms with Crippen LogP contribution < -0.4 is 16.0 Å². The zero-order valence-corrected chi connectivity index (χ0v) is 60.8. The van der Waals surface area contributed by atoms with Crippen LogP contribution in [0.15, 0.2) is 18.2 Å². The van der Waals surface area contributed by atoms with Gasteiger partial charge >= 0.3 is 6.18 Å². The molecule has 554 valence electrons. The van der Waals surface area contributed by atoms with E-state index in [-0.39, 0.29) is 88.1 Å².